The lowest BCUT2D eigenvalue weighted by molar-refractivity contribution is 1.19. The zero-order valence-electron chi connectivity index (χ0n) is 9.74. The third kappa shape index (κ3) is 3.21. The maximum atomic E-state index is 4.14. The zero-order valence-corrected chi connectivity index (χ0v) is 10.6. The molecule has 2 heterocycles. The Kier molecular flexibility index (Phi) is 3.60. The van der Waals surface area contributed by atoms with Crippen LogP contribution in [0, 0.1) is 30.6 Å². The van der Waals surface area contributed by atoms with Gasteiger partial charge in [-0.2, -0.15) is 0 Å². The molecule has 2 aromatic heterocycles. The summed E-state index contributed by atoms with van der Waals surface area (Å²) >= 11 is 1.62. The lowest BCUT2D eigenvalue weighted by Gasteiger charge is -1.90. The first-order chi connectivity index (χ1) is 8.28. The van der Waals surface area contributed by atoms with Crippen molar-refractivity contribution in [3.63, 3.8) is 0 Å². The van der Waals surface area contributed by atoms with Crippen LogP contribution in [0.3, 0.4) is 0 Å². The second-order valence-electron chi connectivity index (χ2n) is 3.47. The number of hydrogen-bond donors (Lipinski definition) is 0. The first-order valence-corrected chi connectivity index (χ1v) is 6.07. The highest BCUT2D eigenvalue weighted by Crippen LogP contribution is 2.14. The van der Waals surface area contributed by atoms with Crippen molar-refractivity contribution < 1.29 is 0 Å². The monoisotopic (exact) mass is 237 g/mol. The first kappa shape index (κ1) is 11.5. The summed E-state index contributed by atoms with van der Waals surface area (Å²) in [6, 6.07) is 7.90. The minimum Gasteiger partial charge on any atom is -0.262 e. The molecule has 0 aliphatic rings. The SMILES string of the molecule is CC#Cc1ccc(C#Cc2ccnc(C)c2)s1. The molecule has 0 unspecified atom stereocenters. The Balaban J connectivity index is 2.22. The van der Waals surface area contributed by atoms with E-state index in [4.69, 9.17) is 0 Å². The average Bonchev–Trinajstić information content (AvgIpc) is 2.75. The summed E-state index contributed by atoms with van der Waals surface area (Å²) in [5.74, 6) is 12.2. The maximum absolute atomic E-state index is 4.14. The molecule has 0 aromatic carbocycles. The van der Waals surface area contributed by atoms with Gasteiger partial charge in [0.1, 0.15) is 0 Å². The van der Waals surface area contributed by atoms with Crippen molar-refractivity contribution >= 4 is 11.3 Å². The van der Waals surface area contributed by atoms with E-state index in [1.807, 2.05) is 38.1 Å². The second-order valence-corrected chi connectivity index (χ2v) is 4.56. The molecule has 0 aliphatic heterocycles. The van der Waals surface area contributed by atoms with Gasteiger partial charge in [-0.25, -0.2) is 0 Å². The molecule has 82 valence electrons. The van der Waals surface area contributed by atoms with Gasteiger partial charge in [-0.3, -0.25) is 4.98 Å². The average molecular weight is 237 g/mol. The maximum Gasteiger partial charge on any atom is 0.0785 e. The molecule has 0 bridgehead atoms. The first-order valence-electron chi connectivity index (χ1n) is 5.25. The van der Waals surface area contributed by atoms with Gasteiger partial charge >= 0.3 is 0 Å². The smallest absolute Gasteiger partial charge is 0.0785 e. The fourth-order valence-corrected chi connectivity index (χ4v) is 2.12. The number of rotatable bonds is 0. The van der Waals surface area contributed by atoms with E-state index in [2.05, 4.69) is 28.7 Å². The second kappa shape index (κ2) is 5.34. The molecule has 2 heteroatoms. The lowest BCUT2D eigenvalue weighted by Crippen LogP contribution is -1.80. The van der Waals surface area contributed by atoms with Gasteiger partial charge in [0.05, 0.1) is 9.75 Å². The normalized spacial score (nSPS) is 8.82. The van der Waals surface area contributed by atoms with Crippen molar-refractivity contribution in [2.45, 2.75) is 13.8 Å². The summed E-state index contributed by atoms with van der Waals surface area (Å²) in [6.45, 7) is 3.80. The Hall–Kier alpha value is -2.03. The number of nitrogens with zero attached hydrogens (tertiary/aromatic N) is 1. The number of aromatic nitrogens is 1. The molecule has 2 rings (SSSR count). The fraction of sp³-hybridized carbons (Fsp3) is 0.133. The molecule has 2 aromatic rings. The molecule has 0 saturated carbocycles. The Morgan fingerprint density at radius 3 is 2.53 bits per heavy atom. The molecular weight excluding hydrogens is 226 g/mol. The number of aryl methyl sites for hydroxylation is 1. The summed E-state index contributed by atoms with van der Waals surface area (Å²) in [5, 5.41) is 0. The van der Waals surface area contributed by atoms with Crippen LogP contribution < -0.4 is 0 Å². The third-order valence-electron chi connectivity index (χ3n) is 2.08. The largest absolute Gasteiger partial charge is 0.262 e. The number of pyridine rings is 1. The van der Waals surface area contributed by atoms with E-state index < -0.39 is 0 Å². The lowest BCUT2D eigenvalue weighted by atomic mass is 10.2. The number of thiophene rings is 1. The zero-order chi connectivity index (χ0) is 12.1. The molecule has 0 radical (unpaired) electrons. The van der Waals surface area contributed by atoms with E-state index in [1.165, 1.54) is 0 Å². The van der Waals surface area contributed by atoms with Crippen LogP contribution in [0.25, 0.3) is 0 Å². The van der Waals surface area contributed by atoms with Crippen LogP contribution in [0.5, 0.6) is 0 Å². The molecule has 0 fully saturated rings. The molecule has 0 spiro atoms. The Morgan fingerprint density at radius 1 is 1.06 bits per heavy atom. The molecule has 0 N–H and O–H groups in total. The van der Waals surface area contributed by atoms with Gasteiger partial charge in [0.2, 0.25) is 0 Å². The molecule has 0 aliphatic carbocycles. The van der Waals surface area contributed by atoms with E-state index in [0.29, 0.717) is 0 Å². The Labute approximate surface area is 106 Å². The molecule has 0 saturated heterocycles. The van der Waals surface area contributed by atoms with Crippen LogP contribution in [-0.4, -0.2) is 4.98 Å². The minimum atomic E-state index is 0.987. The summed E-state index contributed by atoms with van der Waals surface area (Å²) in [6.07, 6.45) is 1.78. The predicted molar refractivity (Wildman–Crippen MR) is 71.8 cm³/mol. The molecule has 17 heavy (non-hydrogen) atoms. The standard InChI is InChI=1S/C15H11NS/c1-3-4-14-7-8-15(17-14)6-5-13-9-10-16-12(2)11-13/h7-11H,1-2H3. The van der Waals surface area contributed by atoms with Crippen LogP contribution in [0.15, 0.2) is 30.5 Å². The van der Waals surface area contributed by atoms with Crippen LogP contribution in [0.1, 0.15) is 27.9 Å². The van der Waals surface area contributed by atoms with Crippen molar-refractivity contribution in [2.75, 3.05) is 0 Å². The van der Waals surface area contributed by atoms with Crippen molar-refractivity contribution in [1.82, 2.24) is 4.98 Å². The van der Waals surface area contributed by atoms with Gasteiger partial charge in [0, 0.05) is 17.5 Å². The number of hydrogen-bond acceptors (Lipinski definition) is 2. The molecule has 0 amide bonds. The Bertz CT molecular complexity index is 645. The highest BCUT2D eigenvalue weighted by molar-refractivity contribution is 7.13. The van der Waals surface area contributed by atoms with Gasteiger partial charge in [-0.15, -0.1) is 17.3 Å². The van der Waals surface area contributed by atoms with E-state index >= 15 is 0 Å². The van der Waals surface area contributed by atoms with E-state index in [9.17, 15) is 0 Å². The predicted octanol–water partition coefficient (Wildman–Crippen LogP) is 3.22. The fourth-order valence-electron chi connectivity index (χ4n) is 1.35. The van der Waals surface area contributed by atoms with E-state index in [0.717, 1.165) is 21.0 Å². The summed E-state index contributed by atoms with van der Waals surface area (Å²) in [4.78, 5) is 6.24. The quantitative estimate of drug-likeness (QED) is 0.641. The van der Waals surface area contributed by atoms with Gasteiger partial charge in [-0.1, -0.05) is 17.8 Å². The van der Waals surface area contributed by atoms with Crippen molar-refractivity contribution in [2.24, 2.45) is 0 Å². The third-order valence-corrected chi connectivity index (χ3v) is 3.00. The van der Waals surface area contributed by atoms with Gasteiger partial charge in [0.15, 0.2) is 0 Å². The van der Waals surface area contributed by atoms with Crippen LogP contribution in [0.4, 0.5) is 0 Å². The van der Waals surface area contributed by atoms with Crippen LogP contribution in [-0.2, 0) is 0 Å². The summed E-state index contributed by atoms with van der Waals surface area (Å²) in [7, 11) is 0. The van der Waals surface area contributed by atoms with Crippen LogP contribution in [0.2, 0.25) is 0 Å². The minimum absolute atomic E-state index is 0.987. The highest BCUT2D eigenvalue weighted by Gasteiger charge is 1.93. The van der Waals surface area contributed by atoms with E-state index in [1.54, 1.807) is 17.5 Å². The van der Waals surface area contributed by atoms with Crippen molar-refractivity contribution in [3.05, 3.63) is 51.5 Å². The highest BCUT2D eigenvalue weighted by atomic mass is 32.1. The molecule has 1 nitrogen and oxygen atoms in total. The van der Waals surface area contributed by atoms with Crippen molar-refractivity contribution in [3.8, 4) is 23.7 Å². The van der Waals surface area contributed by atoms with E-state index in [-0.39, 0.29) is 0 Å². The molecular formula is C15H11NS. The van der Waals surface area contributed by atoms with Gasteiger partial charge in [-0.05, 0) is 38.1 Å². The van der Waals surface area contributed by atoms with Gasteiger partial charge in [0.25, 0.3) is 0 Å². The Morgan fingerprint density at radius 2 is 1.82 bits per heavy atom. The van der Waals surface area contributed by atoms with Crippen LogP contribution >= 0.6 is 11.3 Å². The topological polar surface area (TPSA) is 12.9 Å². The summed E-state index contributed by atoms with van der Waals surface area (Å²) < 4.78 is 0. The van der Waals surface area contributed by atoms with Gasteiger partial charge < -0.3 is 0 Å². The molecule has 0 atom stereocenters. The summed E-state index contributed by atoms with van der Waals surface area (Å²) in [5.41, 5.74) is 1.98. The van der Waals surface area contributed by atoms with Crippen molar-refractivity contribution in [1.29, 1.82) is 0 Å².